The van der Waals surface area contributed by atoms with Crippen LogP contribution in [-0.2, 0) is 10.0 Å². The van der Waals surface area contributed by atoms with Gasteiger partial charge >= 0.3 is 0 Å². The molecule has 0 spiro atoms. The molecule has 106 valence electrons. The Bertz CT molecular complexity index is 557. The van der Waals surface area contributed by atoms with Crippen LogP contribution in [0.2, 0.25) is 0 Å². The van der Waals surface area contributed by atoms with Crippen LogP contribution in [0.25, 0.3) is 0 Å². The Hall–Kier alpha value is -1.05. The Labute approximate surface area is 111 Å². The van der Waals surface area contributed by atoms with Crippen LogP contribution in [0.5, 0.6) is 0 Å². The molecule has 2 atom stereocenters. The number of hydrogen-bond donors (Lipinski definition) is 1. The minimum Gasteiger partial charge on any atom is -0.311 e. The van der Waals surface area contributed by atoms with Crippen LogP contribution in [-0.4, -0.2) is 37.9 Å². The van der Waals surface area contributed by atoms with E-state index in [1.54, 1.807) is 6.92 Å². The van der Waals surface area contributed by atoms with Crippen LogP contribution >= 0.6 is 0 Å². The lowest BCUT2D eigenvalue weighted by Crippen LogP contribution is -2.57. The van der Waals surface area contributed by atoms with Crippen molar-refractivity contribution in [3.05, 3.63) is 29.8 Å². The SMILES string of the molecule is CC1NCCN(S(=O)(=O)c2c(F)cccc2F)C1C. The van der Waals surface area contributed by atoms with E-state index < -0.39 is 26.6 Å². The molecule has 2 rings (SSSR count). The number of sulfonamides is 1. The fourth-order valence-electron chi connectivity index (χ4n) is 2.21. The van der Waals surface area contributed by atoms with E-state index in [-0.39, 0.29) is 18.6 Å². The summed E-state index contributed by atoms with van der Waals surface area (Å²) in [5, 5.41) is 3.12. The molecule has 1 aliphatic rings. The van der Waals surface area contributed by atoms with E-state index in [9.17, 15) is 17.2 Å². The normalized spacial score (nSPS) is 25.5. The first-order chi connectivity index (χ1) is 8.85. The molecule has 1 aliphatic heterocycles. The second kappa shape index (κ2) is 5.15. The van der Waals surface area contributed by atoms with Gasteiger partial charge in [-0.25, -0.2) is 17.2 Å². The van der Waals surface area contributed by atoms with Crippen molar-refractivity contribution in [2.75, 3.05) is 13.1 Å². The summed E-state index contributed by atoms with van der Waals surface area (Å²) in [5.74, 6) is -2.11. The van der Waals surface area contributed by atoms with Gasteiger partial charge in [0.25, 0.3) is 0 Å². The Morgan fingerprint density at radius 2 is 1.84 bits per heavy atom. The maximum absolute atomic E-state index is 13.7. The summed E-state index contributed by atoms with van der Waals surface area (Å²) in [6.45, 7) is 4.21. The number of hydrogen-bond acceptors (Lipinski definition) is 3. The highest BCUT2D eigenvalue weighted by molar-refractivity contribution is 7.89. The first kappa shape index (κ1) is 14.4. The fraction of sp³-hybridized carbons (Fsp3) is 0.500. The number of benzene rings is 1. The molecule has 0 aromatic heterocycles. The maximum atomic E-state index is 13.7. The van der Waals surface area contributed by atoms with E-state index in [4.69, 9.17) is 0 Å². The van der Waals surface area contributed by atoms with Gasteiger partial charge in [0.2, 0.25) is 10.0 Å². The maximum Gasteiger partial charge on any atom is 0.249 e. The third kappa shape index (κ3) is 2.50. The molecule has 1 N–H and O–H groups in total. The molecular weight excluding hydrogens is 274 g/mol. The van der Waals surface area contributed by atoms with Crippen molar-refractivity contribution in [3.63, 3.8) is 0 Å². The van der Waals surface area contributed by atoms with Crippen LogP contribution in [0.3, 0.4) is 0 Å². The second-order valence-corrected chi connectivity index (χ2v) is 6.48. The summed E-state index contributed by atoms with van der Waals surface area (Å²) in [6.07, 6.45) is 0. The smallest absolute Gasteiger partial charge is 0.249 e. The molecule has 1 saturated heterocycles. The summed E-state index contributed by atoms with van der Waals surface area (Å²) >= 11 is 0. The zero-order valence-corrected chi connectivity index (χ0v) is 11.5. The van der Waals surface area contributed by atoms with Crippen LogP contribution in [0.15, 0.2) is 23.1 Å². The van der Waals surface area contributed by atoms with Crippen LogP contribution in [0.4, 0.5) is 8.78 Å². The predicted octanol–water partition coefficient (Wildman–Crippen LogP) is 1.34. The predicted molar refractivity (Wildman–Crippen MR) is 67.2 cm³/mol. The molecule has 19 heavy (non-hydrogen) atoms. The molecule has 2 unspecified atom stereocenters. The summed E-state index contributed by atoms with van der Waals surface area (Å²) in [7, 11) is -4.16. The van der Waals surface area contributed by atoms with E-state index in [1.165, 1.54) is 0 Å². The standard InChI is InChI=1S/C12H16F2N2O2S/c1-8-9(2)16(7-6-15-8)19(17,18)12-10(13)4-3-5-11(12)14/h3-5,8-9,15H,6-7H2,1-2H3. The summed E-state index contributed by atoms with van der Waals surface area (Å²) in [6, 6.07) is 2.61. The van der Waals surface area contributed by atoms with Gasteiger partial charge in [-0.15, -0.1) is 0 Å². The Morgan fingerprint density at radius 1 is 1.26 bits per heavy atom. The van der Waals surface area contributed by atoms with E-state index in [0.717, 1.165) is 22.5 Å². The van der Waals surface area contributed by atoms with Crippen molar-refractivity contribution >= 4 is 10.0 Å². The first-order valence-corrected chi connectivity index (χ1v) is 7.49. The van der Waals surface area contributed by atoms with Gasteiger partial charge in [-0.05, 0) is 26.0 Å². The highest BCUT2D eigenvalue weighted by atomic mass is 32.2. The van der Waals surface area contributed by atoms with E-state index in [2.05, 4.69) is 5.32 Å². The highest BCUT2D eigenvalue weighted by Gasteiger charge is 2.37. The molecule has 1 fully saturated rings. The number of nitrogens with one attached hydrogen (secondary N) is 1. The van der Waals surface area contributed by atoms with Crippen LogP contribution in [0, 0.1) is 11.6 Å². The average molecular weight is 290 g/mol. The lowest BCUT2D eigenvalue weighted by Gasteiger charge is -2.37. The van der Waals surface area contributed by atoms with Crippen molar-refractivity contribution in [1.29, 1.82) is 0 Å². The molecule has 1 aromatic carbocycles. The van der Waals surface area contributed by atoms with Gasteiger partial charge in [-0.1, -0.05) is 6.07 Å². The summed E-state index contributed by atoms with van der Waals surface area (Å²) in [5.41, 5.74) is 0. The molecule has 0 radical (unpaired) electrons. The van der Waals surface area contributed by atoms with Gasteiger partial charge in [-0.2, -0.15) is 4.31 Å². The average Bonchev–Trinajstić information content (AvgIpc) is 2.32. The topological polar surface area (TPSA) is 49.4 Å². The van der Waals surface area contributed by atoms with Crippen molar-refractivity contribution in [2.45, 2.75) is 30.8 Å². The summed E-state index contributed by atoms with van der Waals surface area (Å²) in [4.78, 5) is -0.865. The quantitative estimate of drug-likeness (QED) is 0.894. The van der Waals surface area contributed by atoms with Gasteiger partial charge in [-0.3, -0.25) is 0 Å². The van der Waals surface area contributed by atoms with Crippen molar-refractivity contribution in [1.82, 2.24) is 9.62 Å². The third-order valence-corrected chi connectivity index (χ3v) is 5.50. The Balaban J connectivity index is 2.48. The number of piperazine rings is 1. The molecule has 0 aliphatic carbocycles. The van der Waals surface area contributed by atoms with Crippen molar-refractivity contribution in [2.24, 2.45) is 0 Å². The largest absolute Gasteiger partial charge is 0.311 e. The van der Waals surface area contributed by atoms with Gasteiger partial charge in [0.15, 0.2) is 4.90 Å². The van der Waals surface area contributed by atoms with E-state index in [1.807, 2.05) is 6.92 Å². The first-order valence-electron chi connectivity index (χ1n) is 6.05. The van der Waals surface area contributed by atoms with Crippen LogP contribution in [0.1, 0.15) is 13.8 Å². The lowest BCUT2D eigenvalue weighted by atomic mass is 10.1. The van der Waals surface area contributed by atoms with Crippen LogP contribution < -0.4 is 5.32 Å². The molecule has 0 bridgehead atoms. The zero-order chi connectivity index (χ0) is 14.2. The minimum atomic E-state index is -4.16. The number of nitrogens with zero attached hydrogens (tertiary/aromatic N) is 1. The second-order valence-electron chi connectivity index (χ2n) is 4.65. The van der Waals surface area contributed by atoms with Crippen molar-refractivity contribution < 1.29 is 17.2 Å². The zero-order valence-electron chi connectivity index (χ0n) is 10.7. The molecule has 1 aromatic rings. The van der Waals surface area contributed by atoms with E-state index in [0.29, 0.717) is 6.54 Å². The lowest BCUT2D eigenvalue weighted by molar-refractivity contribution is 0.231. The molecule has 0 amide bonds. The molecular formula is C12H16F2N2O2S. The monoisotopic (exact) mass is 290 g/mol. The number of rotatable bonds is 2. The minimum absolute atomic E-state index is 0.0710. The van der Waals surface area contributed by atoms with Gasteiger partial charge in [0.05, 0.1) is 0 Å². The molecule has 4 nitrogen and oxygen atoms in total. The van der Waals surface area contributed by atoms with Gasteiger partial charge in [0.1, 0.15) is 11.6 Å². The van der Waals surface area contributed by atoms with Gasteiger partial charge < -0.3 is 5.32 Å². The third-order valence-electron chi connectivity index (χ3n) is 3.46. The molecule has 0 saturated carbocycles. The molecule has 1 heterocycles. The number of halogens is 2. The highest BCUT2D eigenvalue weighted by Crippen LogP contribution is 2.25. The Kier molecular flexibility index (Phi) is 3.89. The Morgan fingerprint density at radius 3 is 2.42 bits per heavy atom. The van der Waals surface area contributed by atoms with E-state index >= 15 is 0 Å². The van der Waals surface area contributed by atoms with Crippen molar-refractivity contribution in [3.8, 4) is 0 Å². The summed E-state index contributed by atoms with van der Waals surface area (Å²) < 4.78 is 53.3. The van der Waals surface area contributed by atoms with Gasteiger partial charge in [0, 0.05) is 25.2 Å². The fourth-order valence-corrected chi connectivity index (χ4v) is 4.03. The molecule has 7 heteroatoms.